The molecule has 4 rings (SSSR count). The third-order valence-corrected chi connectivity index (χ3v) is 4.84. The summed E-state index contributed by atoms with van der Waals surface area (Å²) in [4.78, 5) is 24.8. The molecule has 1 aromatic carbocycles. The topological polar surface area (TPSA) is 106 Å². The number of benzene rings is 1. The van der Waals surface area contributed by atoms with Crippen LogP contribution in [0.1, 0.15) is 33.6 Å². The van der Waals surface area contributed by atoms with Crippen LogP contribution in [-0.2, 0) is 9.47 Å². The third kappa shape index (κ3) is 2.30. The Balaban J connectivity index is 1.70. The molecule has 2 N–H and O–H groups in total. The van der Waals surface area contributed by atoms with Crippen molar-refractivity contribution in [1.82, 2.24) is 0 Å². The Morgan fingerprint density at radius 1 is 1.12 bits per heavy atom. The Morgan fingerprint density at radius 3 is 2.46 bits per heavy atom. The van der Waals surface area contributed by atoms with E-state index < -0.39 is 17.7 Å². The van der Waals surface area contributed by atoms with Crippen molar-refractivity contribution in [2.24, 2.45) is 0 Å². The molecule has 3 heterocycles. The largest absolute Gasteiger partial charge is 0.489 e. The van der Waals surface area contributed by atoms with Crippen LogP contribution in [0.15, 0.2) is 12.1 Å². The standard InChI is InChI=1S/C16H17NO7/c18-14(19)10-5-12-13(6-11(10)15(20)21)22-8-9-7-16(1-2-17(9)12)23-3-4-24-16/h5-6,9H,1-4,7-8H2,(H,18,19)(H,20,21)/t9-/m1/s1. The molecule has 0 saturated carbocycles. The van der Waals surface area contributed by atoms with Gasteiger partial charge in [-0.25, -0.2) is 9.59 Å². The van der Waals surface area contributed by atoms with Crippen molar-refractivity contribution in [3.63, 3.8) is 0 Å². The SMILES string of the molecule is O=C(O)c1cc2c(cc1C(=O)O)N1CCC3(C[C@@H]1CO2)OCCO3. The first-order valence-corrected chi connectivity index (χ1v) is 7.81. The van der Waals surface area contributed by atoms with Gasteiger partial charge in [0.2, 0.25) is 0 Å². The van der Waals surface area contributed by atoms with Gasteiger partial charge in [0.1, 0.15) is 12.4 Å². The van der Waals surface area contributed by atoms with E-state index in [2.05, 4.69) is 4.90 Å². The van der Waals surface area contributed by atoms with Crippen molar-refractivity contribution in [3.8, 4) is 5.75 Å². The summed E-state index contributed by atoms with van der Waals surface area (Å²) in [6.45, 7) is 2.17. The molecule has 0 unspecified atom stereocenters. The van der Waals surface area contributed by atoms with Crippen LogP contribution in [0.2, 0.25) is 0 Å². The monoisotopic (exact) mass is 335 g/mol. The molecule has 1 spiro atoms. The Morgan fingerprint density at radius 2 is 1.79 bits per heavy atom. The number of anilines is 1. The van der Waals surface area contributed by atoms with Gasteiger partial charge in [0.25, 0.3) is 0 Å². The molecule has 1 atom stereocenters. The predicted molar refractivity (Wildman–Crippen MR) is 80.9 cm³/mol. The van der Waals surface area contributed by atoms with Crippen molar-refractivity contribution < 1.29 is 34.0 Å². The summed E-state index contributed by atoms with van der Waals surface area (Å²) in [5.74, 6) is -2.73. The summed E-state index contributed by atoms with van der Waals surface area (Å²) >= 11 is 0. The van der Waals surface area contributed by atoms with Gasteiger partial charge in [-0.1, -0.05) is 0 Å². The highest BCUT2D eigenvalue weighted by molar-refractivity contribution is 6.03. The minimum absolute atomic E-state index is 0.00155. The average molecular weight is 335 g/mol. The third-order valence-electron chi connectivity index (χ3n) is 4.84. The highest BCUT2D eigenvalue weighted by Crippen LogP contribution is 2.43. The molecule has 3 aliphatic rings. The van der Waals surface area contributed by atoms with Gasteiger partial charge in [-0.3, -0.25) is 0 Å². The van der Waals surface area contributed by atoms with Crippen LogP contribution < -0.4 is 9.64 Å². The van der Waals surface area contributed by atoms with E-state index in [0.29, 0.717) is 50.6 Å². The number of nitrogens with zero attached hydrogens (tertiary/aromatic N) is 1. The molecule has 1 aromatic rings. The number of ether oxygens (including phenoxy) is 3. The number of rotatable bonds is 2. The second-order valence-corrected chi connectivity index (χ2v) is 6.20. The molecule has 0 aliphatic carbocycles. The molecule has 8 heteroatoms. The number of fused-ring (bicyclic) bond motifs is 3. The fourth-order valence-corrected chi connectivity index (χ4v) is 3.72. The minimum atomic E-state index is -1.29. The molecule has 0 aromatic heterocycles. The molecule has 8 nitrogen and oxygen atoms in total. The van der Waals surface area contributed by atoms with Crippen LogP contribution in [0.5, 0.6) is 5.75 Å². The molecular weight excluding hydrogens is 318 g/mol. The maximum Gasteiger partial charge on any atom is 0.336 e. The van der Waals surface area contributed by atoms with E-state index in [9.17, 15) is 19.8 Å². The van der Waals surface area contributed by atoms with Gasteiger partial charge in [-0.05, 0) is 12.1 Å². The van der Waals surface area contributed by atoms with Crippen LogP contribution in [0, 0.1) is 0 Å². The number of aromatic carboxylic acids is 2. The number of carbonyl (C=O) groups is 2. The molecule has 2 saturated heterocycles. The van der Waals surface area contributed by atoms with Gasteiger partial charge < -0.3 is 29.3 Å². The number of piperidine rings is 1. The van der Waals surface area contributed by atoms with Crippen LogP contribution >= 0.6 is 0 Å². The lowest BCUT2D eigenvalue weighted by molar-refractivity contribution is -0.178. The van der Waals surface area contributed by atoms with Gasteiger partial charge in [0, 0.05) is 19.4 Å². The van der Waals surface area contributed by atoms with Crippen molar-refractivity contribution >= 4 is 17.6 Å². The highest BCUT2D eigenvalue weighted by Gasteiger charge is 2.46. The fraction of sp³-hybridized carbons (Fsp3) is 0.500. The van der Waals surface area contributed by atoms with E-state index in [1.54, 1.807) is 0 Å². The first-order valence-electron chi connectivity index (χ1n) is 7.81. The van der Waals surface area contributed by atoms with E-state index in [1.807, 2.05) is 0 Å². The molecule has 128 valence electrons. The lowest BCUT2D eigenvalue weighted by Crippen LogP contribution is -2.55. The van der Waals surface area contributed by atoms with E-state index in [-0.39, 0.29) is 17.2 Å². The second-order valence-electron chi connectivity index (χ2n) is 6.20. The molecule has 3 aliphatic heterocycles. The molecule has 0 amide bonds. The summed E-state index contributed by atoms with van der Waals surface area (Å²) in [7, 11) is 0. The van der Waals surface area contributed by atoms with E-state index in [4.69, 9.17) is 14.2 Å². The van der Waals surface area contributed by atoms with Gasteiger partial charge in [0.15, 0.2) is 5.79 Å². The normalized spacial score (nSPS) is 24.2. The summed E-state index contributed by atoms with van der Waals surface area (Å²) in [5.41, 5.74) is 0.108. The first kappa shape index (κ1) is 15.2. The summed E-state index contributed by atoms with van der Waals surface area (Å²) in [6, 6.07) is 2.69. The van der Waals surface area contributed by atoms with E-state index in [0.717, 1.165) is 0 Å². The van der Waals surface area contributed by atoms with Crippen LogP contribution in [0.3, 0.4) is 0 Å². The van der Waals surface area contributed by atoms with Gasteiger partial charge in [0.05, 0.1) is 36.1 Å². The summed E-state index contributed by atoms with van der Waals surface area (Å²) in [6.07, 6.45) is 1.31. The lowest BCUT2D eigenvalue weighted by Gasteiger charge is -2.47. The zero-order valence-electron chi connectivity index (χ0n) is 12.9. The predicted octanol–water partition coefficient (Wildman–Crippen LogP) is 1.19. The fourth-order valence-electron chi connectivity index (χ4n) is 3.72. The van der Waals surface area contributed by atoms with Crippen molar-refractivity contribution in [2.75, 3.05) is 31.3 Å². The van der Waals surface area contributed by atoms with Crippen molar-refractivity contribution in [1.29, 1.82) is 0 Å². The second kappa shape index (κ2) is 5.35. The zero-order chi connectivity index (χ0) is 16.9. The van der Waals surface area contributed by atoms with E-state index in [1.165, 1.54) is 12.1 Å². The quantitative estimate of drug-likeness (QED) is 0.830. The van der Waals surface area contributed by atoms with Gasteiger partial charge in [-0.15, -0.1) is 0 Å². The molecule has 2 fully saturated rings. The first-order chi connectivity index (χ1) is 11.5. The number of hydrogen-bond donors (Lipinski definition) is 2. The molecule has 24 heavy (non-hydrogen) atoms. The van der Waals surface area contributed by atoms with Crippen molar-refractivity contribution in [3.05, 3.63) is 23.3 Å². The van der Waals surface area contributed by atoms with E-state index >= 15 is 0 Å². The van der Waals surface area contributed by atoms with Crippen molar-refractivity contribution in [2.45, 2.75) is 24.7 Å². The summed E-state index contributed by atoms with van der Waals surface area (Å²) < 4.78 is 17.2. The zero-order valence-corrected chi connectivity index (χ0v) is 12.9. The molecular formula is C16H17NO7. The minimum Gasteiger partial charge on any atom is -0.489 e. The maximum atomic E-state index is 11.4. The maximum absolute atomic E-state index is 11.4. The number of hydrogen-bond acceptors (Lipinski definition) is 6. The van der Waals surface area contributed by atoms with Gasteiger partial charge in [-0.2, -0.15) is 0 Å². The summed E-state index contributed by atoms with van der Waals surface area (Å²) in [5, 5.41) is 18.5. The Hall–Kier alpha value is -2.32. The van der Waals surface area contributed by atoms with Crippen LogP contribution in [0.25, 0.3) is 0 Å². The Bertz CT molecular complexity index is 711. The smallest absolute Gasteiger partial charge is 0.336 e. The molecule has 0 bridgehead atoms. The Labute approximate surface area is 137 Å². The lowest BCUT2D eigenvalue weighted by atomic mass is 9.93. The molecule has 0 radical (unpaired) electrons. The van der Waals surface area contributed by atoms with Crippen LogP contribution in [-0.4, -0.2) is 60.3 Å². The Kier molecular flexibility index (Phi) is 3.40. The number of carboxylic acids is 2. The average Bonchev–Trinajstić information content (AvgIpc) is 3.00. The van der Waals surface area contributed by atoms with Crippen LogP contribution in [0.4, 0.5) is 5.69 Å². The van der Waals surface area contributed by atoms with Gasteiger partial charge >= 0.3 is 11.9 Å². The number of carboxylic acid groups (broad SMARTS) is 2. The highest BCUT2D eigenvalue weighted by atomic mass is 16.7.